The van der Waals surface area contributed by atoms with Gasteiger partial charge in [0.1, 0.15) is 5.82 Å². The Hall–Kier alpha value is -2.88. The lowest BCUT2D eigenvalue weighted by atomic mass is 9.88. The van der Waals surface area contributed by atoms with Crippen LogP contribution in [0.2, 0.25) is 0 Å². The summed E-state index contributed by atoms with van der Waals surface area (Å²) < 4.78 is 0. The normalized spacial score (nSPS) is 15.4. The van der Waals surface area contributed by atoms with Crippen molar-refractivity contribution in [3.8, 4) is 11.1 Å². The fourth-order valence-electron chi connectivity index (χ4n) is 5.55. The lowest BCUT2D eigenvalue weighted by Crippen LogP contribution is -2.37. The zero-order chi connectivity index (χ0) is 24.1. The molecule has 2 N–H and O–H groups in total. The molecular weight excluding hydrogens is 418 g/mol. The minimum atomic E-state index is -0.0558. The monoisotopic (exact) mass is 457 g/mol. The molecule has 34 heavy (non-hydrogen) atoms. The summed E-state index contributed by atoms with van der Waals surface area (Å²) in [5, 5.41) is 1.07. The van der Waals surface area contributed by atoms with Gasteiger partial charge in [-0.1, -0.05) is 62.9 Å². The molecule has 1 heterocycles. The van der Waals surface area contributed by atoms with E-state index < -0.39 is 0 Å². The van der Waals surface area contributed by atoms with E-state index >= 15 is 0 Å². The van der Waals surface area contributed by atoms with Gasteiger partial charge in [-0.25, -0.2) is 4.98 Å². The van der Waals surface area contributed by atoms with E-state index in [-0.39, 0.29) is 11.8 Å². The standard InChI is InChI=1S/C30H39N3O/c1-4-10-24(30(34)33(3)20-22-12-6-5-7-13-22)18-26-19-25-17-23(15-16-28(25)32-29(26)31)27-14-9-8-11-21(27)2/h8-9,11,14-17,19,22,24H,4-7,10,12-13,18,20H2,1-3H3,(H2,31,32). The number of fused-ring (bicyclic) bond motifs is 1. The van der Waals surface area contributed by atoms with Crippen molar-refractivity contribution in [2.75, 3.05) is 19.3 Å². The van der Waals surface area contributed by atoms with Crippen LogP contribution in [0.1, 0.15) is 63.0 Å². The second kappa shape index (κ2) is 11.0. The van der Waals surface area contributed by atoms with Crippen LogP contribution in [0.4, 0.5) is 5.82 Å². The lowest BCUT2D eigenvalue weighted by molar-refractivity contribution is -0.135. The number of benzene rings is 2. The van der Waals surface area contributed by atoms with Gasteiger partial charge < -0.3 is 10.6 Å². The van der Waals surface area contributed by atoms with Gasteiger partial charge in [0.05, 0.1) is 5.52 Å². The van der Waals surface area contributed by atoms with Crippen molar-refractivity contribution in [3.63, 3.8) is 0 Å². The van der Waals surface area contributed by atoms with Crippen molar-refractivity contribution in [3.05, 3.63) is 59.7 Å². The van der Waals surface area contributed by atoms with Gasteiger partial charge in [-0.05, 0) is 79.0 Å². The van der Waals surface area contributed by atoms with Crippen LogP contribution in [0.25, 0.3) is 22.0 Å². The van der Waals surface area contributed by atoms with E-state index in [1.165, 1.54) is 48.8 Å². The molecule has 0 spiro atoms. The number of carbonyl (C=O) groups excluding carboxylic acids is 1. The van der Waals surface area contributed by atoms with Crippen molar-refractivity contribution in [1.82, 2.24) is 9.88 Å². The van der Waals surface area contributed by atoms with Gasteiger partial charge in [-0.2, -0.15) is 0 Å². The highest BCUT2D eigenvalue weighted by molar-refractivity contribution is 5.87. The van der Waals surface area contributed by atoms with Crippen LogP contribution in [-0.2, 0) is 11.2 Å². The summed E-state index contributed by atoms with van der Waals surface area (Å²) in [7, 11) is 1.98. The Bertz CT molecular complexity index is 1130. The fraction of sp³-hybridized carbons (Fsp3) is 0.467. The lowest BCUT2D eigenvalue weighted by Gasteiger charge is -2.29. The number of nitrogens with zero attached hydrogens (tertiary/aromatic N) is 2. The van der Waals surface area contributed by atoms with Gasteiger partial charge in [-0.15, -0.1) is 0 Å². The van der Waals surface area contributed by atoms with Crippen molar-refractivity contribution < 1.29 is 4.79 Å². The number of pyridine rings is 1. The first-order chi connectivity index (χ1) is 16.5. The number of carbonyl (C=O) groups is 1. The van der Waals surface area contributed by atoms with Gasteiger partial charge in [-0.3, -0.25) is 4.79 Å². The first kappa shape index (κ1) is 24.3. The predicted molar refractivity (Wildman–Crippen MR) is 143 cm³/mol. The van der Waals surface area contributed by atoms with Crippen LogP contribution in [0.15, 0.2) is 48.5 Å². The Morgan fingerprint density at radius 2 is 1.88 bits per heavy atom. The number of aromatic nitrogens is 1. The molecule has 0 saturated heterocycles. The Morgan fingerprint density at radius 1 is 1.12 bits per heavy atom. The molecule has 1 amide bonds. The van der Waals surface area contributed by atoms with Gasteiger partial charge in [0, 0.05) is 24.9 Å². The molecule has 180 valence electrons. The number of hydrogen-bond donors (Lipinski definition) is 1. The molecule has 2 aromatic carbocycles. The van der Waals surface area contributed by atoms with Crippen LogP contribution in [0, 0.1) is 18.8 Å². The first-order valence-corrected chi connectivity index (χ1v) is 13.0. The molecule has 1 atom stereocenters. The topological polar surface area (TPSA) is 59.2 Å². The molecule has 4 nitrogen and oxygen atoms in total. The SMILES string of the molecule is CCCC(Cc1cc2cc(-c3ccccc3C)ccc2nc1N)C(=O)N(C)CC1CCCCC1. The number of amides is 1. The van der Waals surface area contributed by atoms with E-state index in [1.54, 1.807) is 0 Å². The molecule has 3 aromatic rings. The zero-order valence-electron chi connectivity index (χ0n) is 21.0. The van der Waals surface area contributed by atoms with Crippen LogP contribution < -0.4 is 5.73 Å². The van der Waals surface area contributed by atoms with Gasteiger partial charge in [0.2, 0.25) is 5.91 Å². The summed E-state index contributed by atoms with van der Waals surface area (Å²) in [5.41, 5.74) is 11.9. The Labute approximate surface area is 204 Å². The molecule has 1 aliphatic carbocycles. The van der Waals surface area contributed by atoms with E-state index in [2.05, 4.69) is 56.3 Å². The first-order valence-electron chi connectivity index (χ1n) is 13.0. The van der Waals surface area contributed by atoms with E-state index in [0.29, 0.717) is 18.2 Å². The van der Waals surface area contributed by atoms with Crippen LogP contribution in [0.3, 0.4) is 0 Å². The Balaban J connectivity index is 1.56. The van der Waals surface area contributed by atoms with Crippen molar-refractivity contribution >= 4 is 22.6 Å². The molecule has 1 aromatic heterocycles. The number of nitrogens with two attached hydrogens (primary N) is 1. The minimum absolute atomic E-state index is 0.0558. The fourth-order valence-corrected chi connectivity index (χ4v) is 5.55. The summed E-state index contributed by atoms with van der Waals surface area (Å²) in [4.78, 5) is 20.1. The number of hydrogen-bond acceptors (Lipinski definition) is 3. The highest BCUT2D eigenvalue weighted by Gasteiger charge is 2.25. The summed E-state index contributed by atoms with van der Waals surface area (Å²) in [6.07, 6.45) is 8.93. The predicted octanol–water partition coefficient (Wildman–Crippen LogP) is 6.79. The molecule has 4 rings (SSSR count). The number of nitrogen functional groups attached to an aromatic ring is 1. The third-order valence-electron chi connectivity index (χ3n) is 7.47. The van der Waals surface area contributed by atoms with Crippen LogP contribution in [-0.4, -0.2) is 29.4 Å². The van der Waals surface area contributed by atoms with E-state index in [9.17, 15) is 4.79 Å². The van der Waals surface area contributed by atoms with Gasteiger partial charge in [0.25, 0.3) is 0 Å². The minimum Gasteiger partial charge on any atom is -0.383 e. The summed E-state index contributed by atoms with van der Waals surface area (Å²) in [5.74, 6) is 1.39. The maximum atomic E-state index is 13.4. The van der Waals surface area contributed by atoms with Crippen molar-refractivity contribution in [2.24, 2.45) is 11.8 Å². The number of anilines is 1. The summed E-state index contributed by atoms with van der Waals surface area (Å²) >= 11 is 0. The smallest absolute Gasteiger partial charge is 0.225 e. The molecule has 1 fully saturated rings. The van der Waals surface area contributed by atoms with Crippen LogP contribution in [0.5, 0.6) is 0 Å². The van der Waals surface area contributed by atoms with Crippen LogP contribution >= 0.6 is 0 Å². The zero-order valence-corrected chi connectivity index (χ0v) is 21.0. The second-order valence-corrected chi connectivity index (χ2v) is 10.2. The molecular formula is C30H39N3O. The van der Waals surface area contributed by atoms with Crippen molar-refractivity contribution in [2.45, 2.75) is 65.2 Å². The maximum absolute atomic E-state index is 13.4. The third kappa shape index (κ3) is 5.60. The second-order valence-electron chi connectivity index (χ2n) is 10.2. The van der Waals surface area contributed by atoms with E-state index in [1.807, 2.05) is 18.0 Å². The number of aryl methyl sites for hydroxylation is 1. The molecule has 4 heteroatoms. The highest BCUT2D eigenvalue weighted by Crippen LogP contribution is 2.30. The van der Waals surface area contributed by atoms with E-state index in [0.717, 1.165) is 35.9 Å². The average Bonchev–Trinajstić information content (AvgIpc) is 2.84. The largest absolute Gasteiger partial charge is 0.383 e. The van der Waals surface area contributed by atoms with Crippen molar-refractivity contribution in [1.29, 1.82) is 0 Å². The molecule has 0 radical (unpaired) electrons. The molecule has 1 unspecified atom stereocenters. The van der Waals surface area contributed by atoms with Gasteiger partial charge in [0.15, 0.2) is 0 Å². The Morgan fingerprint density at radius 3 is 2.62 bits per heavy atom. The average molecular weight is 458 g/mol. The highest BCUT2D eigenvalue weighted by atomic mass is 16.2. The number of rotatable bonds is 8. The Kier molecular flexibility index (Phi) is 7.87. The summed E-state index contributed by atoms with van der Waals surface area (Å²) in [6.45, 7) is 5.17. The summed E-state index contributed by atoms with van der Waals surface area (Å²) in [6, 6.07) is 16.9. The third-order valence-corrected chi connectivity index (χ3v) is 7.47. The van der Waals surface area contributed by atoms with E-state index in [4.69, 9.17) is 10.7 Å². The quantitative estimate of drug-likeness (QED) is 0.405. The molecule has 1 aliphatic rings. The molecule has 0 bridgehead atoms. The van der Waals surface area contributed by atoms with Gasteiger partial charge >= 0.3 is 0 Å². The molecule has 0 aliphatic heterocycles. The molecule has 1 saturated carbocycles. The maximum Gasteiger partial charge on any atom is 0.225 e.